The van der Waals surface area contributed by atoms with Gasteiger partial charge in [-0.1, -0.05) is 12.1 Å². The van der Waals surface area contributed by atoms with Gasteiger partial charge in [0.1, 0.15) is 5.75 Å². The molecule has 0 aliphatic heterocycles. The maximum absolute atomic E-state index is 9.55. The Morgan fingerprint density at radius 2 is 1.75 bits per heavy atom. The molecule has 0 unspecified atom stereocenters. The number of phenols is 1. The first-order chi connectivity index (χ1) is 7.66. The van der Waals surface area contributed by atoms with Crippen LogP contribution in [0.2, 0.25) is 0 Å². The molecule has 0 saturated heterocycles. The fourth-order valence-corrected chi connectivity index (χ4v) is 2.58. The molecular formula is C13H19NO2. The lowest BCUT2D eigenvalue weighted by Crippen LogP contribution is -2.40. The molecule has 0 spiro atoms. The Bertz CT molecular complexity index is 339. The lowest BCUT2D eigenvalue weighted by atomic mass is 9.69. The molecule has 0 aromatic heterocycles. The van der Waals surface area contributed by atoms with Crippen molar-refractivity contribution in [3.05, 3.63) is 29.8 Å². The number of nitrogens with two attached hydrogens (primary N) is 1. The number of benzene rings is 1. The number of aliphatic hydroxyl groups excluding tert-OH is 1. The molecule has 0 heterocycles. The Hall–Kier alpha value is -1.06. The Labute approximate surface area is 95.9 Å². The van der Waals surface area contributed by atoms with Crippen LogP contribution in [-0.4, -0.2) is 22.9 Å². The van der Waals surface area contributed by atoms with Crippen molar-refractivity contribution < 1.29 is 10.2 Å². The summed E-state index contributed by atoms with van der Waals surface area (Å²) < 4.78 is 0. The molecule has 0 atom stereocenters. The van der Waals surface area contributed by atoms with Gasteiger partial charge in [-0.05, 0) is 43.4 Å². The third-order valence-corrected chi connectivity index (χ3v) is 3.78. The van der Waals surface area contributed by atoms with E-state index in [1.54, 1.807) is 12.1 Å². The number of hydrogen-bond acceptors (Lipinski definition) is 3. The lowest BCUT2D eigenvalue weighted by molar-refractivity contribution is 0.0974. The van der Waals surface area contributed by atoms with Crippen LogP contribution in [0.25, 0.3) is 0 Å². The summed E-state index contributed by atoms with van der Waals surface area (Å²) in [7, 11) is 0. The van der Waals surface area contributed by atoms with Crippen molar-refractivity contribution in [2.24, 2.45) is 5.73 Å². The number of rotatable bonds is 2. The summed E-state index contributed by atoms with van der Waals surface area (Å²) in [5.41, 5.74) is 7.08. The molecule has 3 heteroatoms. The number of hydrogen-bond donors (Lipinski definition) is 3. The first kappa shape index (κ1) is 11.4. The Morgan fingerprint density at radius 3 is 2.25 bits per heavy atom. The van der Waals surface area contributed by atoms with Gasteiger partial charge >= 0.3 is 0 Å². The van der Waals surface area contributed by atoms with E-state index in [1.807, 2.05) is 12.1 Å². The van der Waals surface area contributed by atoms with Crippen LogP contribution in [0.4, 0.5) is 0 Å². The van der Waals surface area contributed by atoms with Crippen LogP contribution < -0.4 is 5.73 Å². The van der Waals surface area contributed by atoms with Crippen molar-refractivity contribution >= 4 is 0 Å². The Morgan fingerprint density at radius 1 is 1.19 bits per heavy atom. The summed E-state index contributed by atoms with van der Waals surface area (Å²) in [4.78, 5) is 0. The zero-order valence-electron chi connectivity index (χ0n) is 9.39. The molecule has 0 amide bonds. The molecular weight excluding hydrogens is 202 g/mol. The Balaban J connectivity index is 2.24. The molecule has 0 bridgehead atoms. The second-order valence-electron chi connectivity index (χ2n) is 4.76. The van der Waals surface area contributed by atoms with E-state index < -0.39 is 0 Å². The third-order valence-electron chi connectivity index (χ3n) is 3.78. The normalized spacial score (nSPS) is 30.2. The quantitative estimate of drug-likeness (QED) is 0.709. The van der Waals surface area contributed by atoms with E-state index in [9.17, 15) is 10.2 Å². The second-order valence-corrected chi connectivity index (χ2v) is 4.76. The highest BCUT2D eigenvalue weighted by atomic mass is 16.3. The van der Waals surface area contributed by atoms with Crippen molar-refractivity contribution in [2.75, 3.05) is 6.54 Å². The highest BCUT2D eigenvalue weighted by Crippen LogP contribution is 2.39. The standard InChI is InChI=1S/C13H19NO2/c14-9-13(7-5-12(16)6-8-13)10-1-3-11(15)4-2-10/h1-4,12,15-16H,5-9,14H2. The molecule has 1 aromatic carbocycles. The van der Waals surface area contributed by atoms with E-state index in [0.717, 1.165) is 25.7 Å². The molecule has 1 aliphatic carbocycles. The van der Waals surface area contributed by atoms with E-state index in [4.69, 9.17) is 5.73 Å². The first-order valence-electron chi connectivity index (χ1n) is 5.84. The van der Waals surface area contributed by atoms with Crippen molar-refractivity contribution in [1.82, 2.24) is 0 Å². The largest absolute Gasteiger partial charge is 0.508 e. The lowest BCUT2D eigenvalue weighted by Gasteiger charge is -2.38. The summed E-state index contributed by atoms with van der Waals surface area (Å²) in [5.74, 6) is 0.284. The van der Waals surface area contributed by atoms with Crippen molar-refractivity contribution in [1.29, 1.82) is 0 Å². The topological polar surface area (TPSA) is 66.5 Å². The van der Waals surface area contributed by atoms with Gasteiger partial charge in [0, 0.05) is 12.0 Å². The van der Waals surface area contributed by atoms with Crippen LogP contribution in [0.5, 0.6) is 5.75 Å². The predicted octanol–water partition coefficient (Wildman–Crippen LogP) is 1.52. The van der Waals surface area contributed by atoms with Gasteiger partial charge in [0.25, 0.3) is 0 Å². The number of phenolic OH excluding ortho intramolecular Hbond substituents is 1. The van der Waals surface area contributed by atoms with Gasteiger partial charge in [-0.15, -0.1) is 0 Å². The van der Waals surface area contributed by atoms with Crippen LogP contribution in [0, 0.1) is 0 Å². The number of aromatic hydroxyl groups is 1. The molecule has 88 valence electrons. The van der Waals surface area contributed by atoms with E-state index >= 15 is 0 Å². The smallest absolute Gasteiger partial charge is 0.115 e. The van der Waals surface area contributed by atoms with Crippen molar-refractivity contribution in [3.8, 4) is 5.75 Å². The van der Waals surface area contributed by atoms with Gasteiger partial charge in [0.05, 0.1) is 6.10 Å². The zero-order valence-corrected chi connectivity index (χ0v) is 9.39. The van der Waals surface area contributed by atoms with Crippen LogP contribution in [0.1, 0.15) is 31.2 Å². The first-order valence-corrected chi connectivity index (χ1v) is 5.84. The second kappa shape index (κ2) is 4.44. The molecule has 2 rings (SSSR count). The molecule has 0 radical (unpaired) electrons. The minimum absolute atomic E-state index is 0.00701. The van der Waals surface area contributed by atoms with E-state index in [1.165, 1.54) is 5.56 Å². The molecule has 3 nitrogen and oxygen atoms in total. The molecule has 1 aliphatic rings. The SMILES string of the molecule is NCC1(c2ccc(O)cc2)CCC(O)CC1. The Kier molecular flexibility index (Phi) is 3.17. The molecule has 1 saturated carbocycles. The van der Waals surface area contributed by atoms with Gasteiger partial charge in [0.15, 0.2) is 0 Å². The third kappa shape index (κ3) is 2.06. The molecule has 1 aromatic rings. The highest BCUT2D eigenvalue weighted by molar-refractivity contribution is 5.32. The maximum atomic E-state index is 9.55. The van der Waals surface area contributed by atoms with Gasteiger partial charge < -0.3 is 15.9 Å². The molecule has 1 fully saturated rings. The monoisotopic (exact) mass is 221 g/mol. The van der Waals surface area contributed by atoms with Crippen LogP contribution in [0.3, 0.4) is 0 Å². The van der Waals surface area contributed by atoms with Crippen molar-refractivity contribution in [2.45, 2.75) is 37.2 Å². The average molecular weight is 221 g/mol. The van der Waals surface area contributed by atoms with Crippen LogP contribution in [-0.2, 0) is 5.41 Å². The van der Waals surface area contributed by atoms with E-state index in [0.29, 0.717) is 6.54 Å². The zero-order chi connectivity index (χ0) is 11.6. The fraction of sp³-hybridized carbons (Fsp3) is 0.538. The minimum Gasteiger partial charge on any atom is -0.508 e. The van der Waals surface area contributed by atoms with Crippen LogP contribution >= 0.6 is 0 Å². The average Bonchev–Trinajstić information content (AvgIpc) is 2.32. The summed E-state index contributed by atoms with van der Waals surface area (Å²) in [6.07, 6.45) is 3.32. The summed E-state index contributed by atoms with van der Waals surface area (Å²) >= 11 is 0. The van der Waals surface area contributed by atoms with Gasteiger partial charge in [-0.3, -0.25) is 0 Å². The van der Waals surface area contributed by atoms with Gasteiger partial charge in [-0.2, -0.15) is 0 Å². The molecule has 16 heavy (non-hydrogen) atoms. The van der Waals surface area contributed by atoms with Crippen LogP contribution in [0.15, 0.2) is 24.3 Å². The number of aliphatic hydroxyl groups is 1. The predicted molar refractivity (Wildman–Crippen MR) is 63.3 cm³/mol. The minimum atomic E-state index is -0.170. The van der Waals surface area contributed by atoms with E-state index in [2.05, 4.69) is 0 Å². The molecule has 4 N–H and O–H groups in total. The summed E-state index contributed by atoms with van der Waals surface area (Å²) in [6, 6.07) is 7.30. The van der Waals surface area contributed by atoms with Gasteiger partial charge in [-0.25, -0.2) is 0 Å². The van der Waals surface area contributed by atoms with E-state index in [-0.39, 0.29) is 17.3 Å². The van der Waals surface area contributed by atoms with Crippen molar-refractivity contribution in [3.63, 3.8) is 0 Å². The maximum Gasteiger partial charge on any atom is 0.115 e. The highest BCUT2D eigenvalue weighted by Gasteiger charge is 2.35. The fourth-order valence-electron chi connectivity index (χ4n) is 2.58. The summed E-state index contributed by atoms with van der Waals surface area (Å²) in [6.45, 7) is 0.602. The van der Waals surface area contributed by atoms with Gasteiger partial charge in [0.2, 0.25) is 0 Å². The summed E-state index contributed by atoms with van der Waals surface area (Å²) in [5, 5.41) is 18.8.